The Morgan fingerprint density at radius 3 is 2.52 bits per heavy atom. The Hall–Kier alpha value is -2.57. The molecule has 1 atom stereocenters. The van der Waals surface area contributed by atoms with Gasteiger partial charge in [0.2, 0.25) is 0 Å². The number of hydrogen-bond acceptors (Lipinski definition) is 5. The van der Waals surface area contributed by atoms with Crippen molar-refractivity contribution in [2.45, 2.75) is 13.0 Å². The fourth-order valence-corrected chi connectivity index (χ4v) is 2.91. The van der Waals surface area contributed by atoms with Gasteiger partial charge < -0.3 is 19.7 Å². The summed E-state index contributed by atoms with van der Waals surface area (Å²) in [5.41, 5.74) is 2.02. The van der Waals surface area contributed by atoms with Gasteiger partial charge in [0, 0.05) is 29.5 Å². The van der Waals surface area contributed by atoms with E-state index >= 15 is 0 Å². The Labute approximate surface area is 163 Å². The molecular weight excluding hydrogens is 368 g/mol. The monoisotopic (exact) mass is 388 g/mol. The summed E-state index contributed by atoms with van der Waals surface area (Å²) in [5, 5.41) is 3.19. The topological polar surface area (TPSA) is 67.9 Å². The number of rotatable bonds is 5. The molecule has 1 amide bonds. The normalized spacial score (nSPS) is 15.1. The fourth-order valence-electron chi connectivity index (χ4n) is 2.72. The summed E-state index contributed by atoms with van der Waals surface area (Å²) in [6.45, 7) is 4.66. The third-order valence-corrected chi connectivity index (χ3v) is 4.46. The SMILES string of the molecule is C[C@@H](OC(=O)c1cccc(Cl)c1)C(=O)Nc1ccc(N2CCOCC2)cc1. The van der Waals surface area contributed by atoms with E-state index in [0.717, 1.165) is 18.8 Å². The number of hydrogen-bond donors (Lipinski definition) is 1. The number of ether oxygens (including phenoxy) is 2. The van der Waals surface area contributed by atoms with Crippen LogP contribution >= 0.6 is 11.6 Å². The van der Waals surface area contributed by atoms with Crippen molar-refractivity contribution in [2.24, 2.45) is 0 Å². The molecule has 0 aromatic heterocycles. The molecule has 1 heterocycles. The molecule has 1 N–H and O–H groups in total. The molecule has 0 spiro atoms. The summed E-state index contributed by atoms with van der Waals surface area (Å²) in [4.78, 5) is 26.6. The maximum atomic E-state index is 12.3. The quantitative estimate of drug-likeness (QED) is 0.795. The second-order valence-corrected chi connectivity index (χ2v) is 6.63. The second-order valence-electron chi connectivity index (χ2n) is 6.19. The van der Waals surface area contributed by atoms with Gasteiger partial charge in [-0.15, -0.1) is 0 Å². The predicted molar refractivity (Wildman–Crippen MR) is 104 cm³/mol. The summed E-state index contributed by atoms with van der Waals surface area (Å²) in [6, 6.07) is 14.0. The Kier molecular flexibility index (Phi) is 6.32. The van der Waals surface area contributed by atoms with E-state index in [1.807, 2.05) is 24.3 Å². The highest BCUT2D eigenvalue weighted by Gasteiger charge is 2.19. The van der Waals surface area contributed by atoms with Crippen LogP contribution in [0.2, 0.25) is 5.02 Å². The molecule has 2 aromatic rings. The first-order valence-electron chi connectivity index (χ1n) is 8.73. The number of morpholine rings is 1. The zero-order valence-corrected chi connectivity index (χ0v) is 15.7. The minimum Gasteiger partial charge on any atom is -0.449 e. The summed E-state index contributed by atoms with van der Waals surface area (Å²) in [7, 11) is 0. The van der Waals surface area contributed by atoms with Crippen LogP contribution in [0.25, 0.3) is 0 Å². The van der Waals surface area contributed by atoms with Gasteiger partial charge in [-0.25, -0.2) is 4.79 Å². The Morgan fingerprint density at radius 1 is 1.15 bits per heavy atom. The molecule has 0 saturated carbocycles. The van der Waals surface area contributed by atoms with Gasteiger partial charge in [0.15, 0.2) is 6.10 Å². The lowest BCUT2D eigenvalue weighted by Crippen LogP contribution is -2.36. The van der Waals surface area contributed by atoms with E-state index in [1.165, 1.54) is 13.0 Å². The zero-order valence-electron chi connectivity index (χ0n) is 15.0. The van der Waals surface area contributed by atoms with Crippen LogP contribution in [-0.4, -0.2) is 44.3 Å². The van der Waals surface area contributed by atoms with E-state index < -0.39 is 18.0 Å². The lowest BCUT2D eigenvalue weighted by Gasteiger charge is -2.28. The van der Waals surface area contributed by atoms with E-state index in [-0.39, 0.29) is 0 Å². The number of nitrogens with one attached hydrogen (secondary N) is 1. The molecule has 3 rings (SSSR count). The number of amides is 1. The van der Waals surface area contributed by atoms with E-state index in [2.05, 4.69) is 10.2 Å². The number of anilines is 2. The van der Waals surface area contributed by atoms with Crippen molar-refractivity contribution in [3.8, 4) is 0 Å². The van der Waals surface area contributed by atoms with Crippen LogP contribution < -0.4 is 10.2 Å². The molecule has 0 bridgehead atoms. The highest BCUT2D eigenvalue weighted by Crippen LogP contribution is 2.19. The molecule has 0 radical (unpaired) electrons. The molecule has 1 saturated heterocycles. The van der Waals surface area contributed by atoms with E-state index in [0.29, 0.717) is 29.5 Å². The average molecular weight is 389 g/mol. The van der Waals surface area contributed by atoms with E-state index in [1.54, 1.807) is 18.2 Å². The van der Waals surface area contributed by atoms with Crippen LogP contribution in [0.15, 0.2) is 48.5 Å². The maximum Gasteiger partial charge on any atom is 0.338 e. The summed E-state index contributed by atoms with van der Waals surface area (Å²) in [6.07, 6.45) is -0.935. The molecule has 1 fully saturated rings. The molecule has 0 aliphatic carbocycles. The molecule has 0 unspecified atom stereocenters. The number of esters is 1. The first-order chi connectivity index (χ1) is 13.0. The van der Waals surface area contributed by atoms with Crippen molar-refractivity contribution in [3.63, 3.8) is 0 Å². The standard InChI is InChI=1S/C20H21ClN2O4/c1-14(27-20(25)15-3-2-4-16(21)13-15)19(24)22-17-5-7-18(8-6-17)23-9-11-26-12-10-23/h2-8,13-14H,9-12H2,1H3,(H,22,24)/t14-/m1/s1. The van der Waals surface area contributed by atoms with Gasteiger partial charge in [0.05, 0.1) is 18.8 Å². The molecule has 27 heavy (non-hydrogen) atoms. The third kappa shape index (κ3) is 5.21. The largest absolute Gasteiger partial charge is 0.449 e. The van der Waals surface area contributed by atoms with Gasteiger partial charge in [-0.3, -0.25) is 4.79 Å². The maximum absolute atomic E-state index is 12.3. The molecule has 1 aliphatic heterocycles. The zero-order chi connectivity index (χ0) is 19.2. The van der Waals surface area contributed by atoms with Crippen molar-refractivity contribution < 1.29 is 19.1 Å². The van der Waals surface area contributed by atoms with E-state index in [9.17, 15) is 9.59 Å². The van der Waals surface area contributed by atoms with Crippen molar-refractivity contribution in [3.05, 3.63) is 59.1 Å². The van der Waals surface area contributed by atoms with Crippen molar-refractivity contribution >= 4 is 34.9 Å². The molecule has 142 valence electrons. The molecule has 6 nitrogen and oxygen atoms in total. The van der Waals surface area contributed by atoms with Crippen LogP contribution in [0.4, 0.5) is 11.4 Å². The van der Waals surface area contributed by atoms with Crippen LogP contribution in [-0.2, 0) is 14.3 Å². The fraction of sp³-hybridized carbons (Fsp3) is 0.300. The van der Waals surface area contributed by atoms with Crippen molar-refractivity contribution in [2.75, 3.05) is 36.5 Å². The lowest BCUT2D eigenvalue weighted by atomic mass is 10.2. The minimum absolute atomic E-state index is 0.303. The summed E-state index contributed by atoms with van der Waals surface area (Å²) in [5.74, 6) is -0.993. The Balaban J connectivity index is 1.55. The van der Waals surface area contributed by atoms with Gasteiger partial charge in [0.1, 0.15) is 0 Å². The lowest BCUT2D eigenvalue weighted by molar-refractivity contribution is -0.123. The van der Waals surface area contributed by atoms with Crippen molar-refractivity contribution in [1.29, 1.82) is 0 Å². The molecule has 7 heteroatoms. The van der Waals surface area contributed by atoms with Crippen LogP contribution in [0.5, 0.6) is 0 Å². The van der Waals surface area contributed by atoms with Gasteiger partial charge >= 0.3 is 5.97 Å². The summed E-state index contributed by atoms with van der Waals surface area (Å²) < 4.78 is 10.6. The Morgan fingerprint density at radius 2 is 1.85 bits per heavy atom. The minimum atomic E-state index is -0.935. The highest BCUT2D eigenvalue weighted by atomic mass is 35.5. The first kappa shape index (κ1) is 19.2. The van der Waals surface area contributed by atoms with Gasteiger partial charge in [-0.2, -0.15) is 0 Å². The summed E-state index contributed by atoms with van der Waals surface area (Å²) >= 11 is 5.87. The van der Waals surface area contributed by atoms with E-state index in [4.69, 9.17) is 21.1 Å². The Bertz CT molecular complexity index is 804. The molecule has 2 aromatic carbocycles. The number of nitrogens with zero attached hydrogens (tertiary/aromatic N) is 1. The number of carbonyl (C=O) groups excluding carboxylic acids is 2. The van der Waals surface area contributed by atoms with Crippen LogP contribution in [0, 0.1) is 0 Å². The van der Waals surface area contributed by atoms with Gasteiger partial charge in [0.25, 0.3) is 5.91 Å². The smallest absolute Gasteiger partial charge is 0.338 e. The van der Waals surface area contributed by atoms with Gasteiger partial charge in [-0.1, -0.05) is 17.7 Å². The number of benzene rings is 2. The number of carbonyl (C=O) groups is 2. The van der Waals surface area contributed by atoms with Crippen LogP contribution in [0.3, 0.4) is 0 Å². The van der Waals surface area contributed by atoms with Crippen LogP contribution in [0.1, 0.15) is 17.3 Å². The predicted octanol–water partition coefficient (Wildman–Crippen LogP) is 3.36. The molecule has 1 aliphatic rings. The highest BCUT2D eigenvalue weighted by molar-refractivity contribution is 6.30. The molecular formula is C20H21ClN2O4. The first-order valence-corrected chi connectivity index (χ1v) is 9.11. The third-order valence-electron chi connectivity index (χ3n) is 4.22. The second kappa shape index (κ2) is 8.88. The van der Waals surface area contributed by atoms with Gasteiger partial charge in [-0.05, 0) is 49.4 Å². The average Bonchev–Trinajstić information content (AvgIpc) is 2.69. The number of halogens is 1. The van der Waals surface area contributed by atoms with Crippen molar-refractivity contribution in [1.82, 2.24) is 0 Å².